The topological polar surface area (TPSA) is 64.9 Å². The number of rotatable bonds is 10. The van der Waals surface area contributed by atoms with Gasteiger partial charge in [-0.15, -0.1) is 0 Å². The molecule has 0 bridgehead atoms. The van der Waals surface area contributed by atoms with E-state index in [0.717, 1.165) is 22.4 Å². The maximum atomic E-state index is 13.6. The van der Waals surface area contributed by atoms with Crippen molar-refractivity contribution in [2.45, 2.75) is 32.4 Å². The van der Waals surface area contributed by atoms with Crippen LogP contribution in [-0.2, 0) is 11.2 Å². The van der Waals surface area contributed by atoms with Crippen LogP contribution >= 0.6 is 0 Å². The summed E-state index contributed by atoms with van der Waals surface area (Å²) >= 11 is 0. The lowest BCUT2D eigenvalue weighted by molar-refractivity contribution is -0.127. The van der Waals surface area contributed by atoms with E-state index in [1.54, 1.807) is 18.2 Å². The number of hydrogen-bond acceptors (Lipinski definition) is 4. The first-order valence-electron chi connectivity index (χ1n) is 11.5. The van der Waals surface area contributed by atoms with Gasteiger partial charge >= 0.3 is 0 Å². The van der Waals surface area contributed by atoms with E-state index in [9.17, 15) is 9.90 Å². The van der Waals surface area contributed by atoms with Crippen LogP contribution in [0.3, 0.4) is 0 Å². The van der Waals surface area contributed by atoms with Crippen molar-refractivity contribution in [1.82, 2.24) is 10.3 Å². The largest absolute Gasteiger partial charge is 0.508 e. The average molecular weight is 456 g/mol. The van der Waals surface area contributed by atoms with Gasteiger partial charge in [0.05, 0.1) is 17.7 Å². The van der Waals surface area contributed by atoms with Gasteiger partial charge in [0.15, 0.2) is 0 Å². The number of hydrazone groups is 1. The van der Waals surface area contributed by atoms with E-state index in [-0.39, 0.29) is 23.6 Å². The summed E-state index contributed by atoms with van der Waals surface area (Å²) in [5.74, 6) is -0.190. The van der Waals surface area contributed by atoms with Crippen molar-refractivity contribution in [1.29, 1.82) is 0 Å². The standard InChI is InChI=1S/C29H33N3O2/c1-5-7-9-12-22(4)32-28(29(34)30-20-19-23-15-17-25(33)18-16-23)26(21(3)6-2)27(31-32)24-13-10-8-11-14-24/h5-18,22,26,28,33H,2-3,19-20H2,1,4H3,(H,30,34)/b7-5-,12-9-. The second-order valence-electron chi connectivity index (χ2n) is 8.29. The van der Waals surface area contributed by atoms with Crippen molar-refractivity contribution >= 4 is 11.6 Å². The third-order valence-corrected chi connectivity index (χ3v) is 5.88. The van der Waals surface area contributed by atoms with Crippen molar-refractivity contribution in [3.63, 3.8) is 0 Å². The Morgan fingerprint density at radius 2 is 1.88 bits per heavy atom. The quantitative estimate of drug-likeness (QED) is 0.495. The number of phenols is 1. The molecule has 0 radical (unpaired) electrons. The first-order valence-corrected chi connectivity index (χ1v) is 11.5. The van der Waals surface area contributed by atoms with Gasteiger partial charge in [-0.1, -0.05) is 86.0 Å². The minimum absolute atomic E-state index is 0.104. The summed E-state index contributed by atoms with van der Waals surface area (Å²) in [6.07, 6.45) is 10.3. The summed E-state index contributed by atoms with van der Waals surface area (Å²) in [4.78, 5) is 13.6. The lowest BCUT2D eigenvalue weighted by Crippen LogP contribution is -2.49. The molecule has 0 fully saturated rings. The summed E-state index contributed by atoms with van der Waals surface area (Å²) in [6.45, 7) is 12.6. The van der Waals surface area contributed by atoms with Crippen molar-refractivity contribution in [2.75, 3.05) is 6.54 Å². The third-order valence-electron chi connectivity index (χ3n) is 5.88. The molecule has 0 saturated heterocycles. The Morgan fingerprint density at radius 1 is 1.18 bits per heavy atom. The highest BCUT2D eigenvalue weighted by molar-refractivity contribution is 6.08. The third kappa shape index (κ3) is 5.93. The van der Waals surface area contributed by atoms with Crippen LogP contribution in [0.2, 0.25) is 0 Å². The van der Waals surface area contributed by atoms with Crippen molar-refractivity contribution in [3.05, 3.63) is 115 Å². The lowest BCUT2D eigenvalue weighted by atomic mass is 9.84. The van der Waals surface area contributed by atoms with Gasteiger partial charge < -0.3 is 10.4 Å². The second-order valence-corrected chi connectivity index (χ2v) is 8.29. The highest BCUT2D eigenvalue weighted by atomic mass is 16.3. The number of benzene rings is 2. The molecule has 1 heterocycles. The van der Waals surface area contributed by atoms with E-state index in [0.29, 0.717) is 13.0 Å². The number of hydrogen-bond donors (Lipinski definition) is 2. The Hall–Kier alpha value is -3.86. The van der Waals surface area contributed by atoms with Gasteiger partial charge in [-0.05, 0) is 49.1 Å². The van der Waals surface area contributed by atoms with Crippen LogP contribution in [0.15, 0.2) is 109 Å². The SMILES string of the molecule is C=CC(=C)C1C(c2ccccc2)=NN(C(C)/C=C\C=C/C)C1C(=O)NCCc1ccc(O)cc1. The Bertz CT molecular complexity index is 1080. The van der Waals surface area contributed by atoms with Crippen LogP contribution in [0.4, 0.5) is 0 Å². The van der Waals surface area contributed by atoms with Crippen LogP contribution in [-0.4, -0.2) is 40.4 Å². The first-order chi connectivity index (χ1) is 16.5. The molecule has 34 heavy (non-hydrogen) atoms. The number of amides is 1. The molecule has 1 aliphatic heterocycles. The molecule has 0 spiro atoms. The number of nitrogens with one attached hydrogen (secondary N) is 1. The molecular weight excluding hydrogens is 422 g/mol. The van der Waals surface area contributed by atoms with Gasteiger partial charge in [0.2, 0.25) is 5.91 Å². The van der Waals surface area contributed by atoms with Gasteiger partial charge in [-0.3, -0.25) is 9.80 Å². The summed E-state index contributed by atoms with van der Waals surface area (Å²) in [7, 11) is 0. The molecule has 0 saturated carbocycles. The predicted molar refractivity (Wildman–Crippen MR) is 140 cm³/mol. The second kappa shape index (κ2) is 11.8. The monoisotopic (exact) mass is 455 g/mol. The Labute approximate surface area is 202 Å². The zero-order valence-electron chi connectivity index (χ0n) is 19.9. The number of carbonyl (C=O) groups excluding carboxylic acids is 1. The summed E-state index contributed by atoms with van der Waals surface area (Å²) in [6, 6.07) is 16.3. The van der Waals surface area contributed by atoms with E-state index in [2.05, 4.69) is 18.5 Å². The van der Waals surface area contributed by atoms with Crippen LogP contribution in [0.5, 0.6) is 5.75 Å². The van der Waals surface area contributed by atoms with E-state index in [1.165, 1.54) is 0 Å². The van der Waals surface area contributed by atoms with Gasteiger partial charge in [0, 0.05) is 6.54 Å². The molecule has 2 aromatic carbocycles. The smallest absolute Gasteiger partial charge is 0.245 e. The molecule has 3 unspecified atom stereocenters. The minimum Gasteiger partial charge on any atom is -0.508 e. The number of nitrogens with zero attached hydrogens (tertiary/aromatic N) is 2. The van der Waals surface area contributed by atoms with E-state index < -0.39 is 6.04 Å². The fourth-order valence-electron chi connectivity index (χ4n) is 4.04. The summed E-state index contributed by atoms with van der Waals surface area (Å²) in [5.41, 5.74) is 3.57. The van der Waals surface area contributed by atoms with E-state index in [4.69, 9.17) is 5.10 Å². The number of carbonyl (C=O) groups is 1. The van der Waals surface area contributed by atoms with Gasteiger partial charge in [0.1, 0.15) is 11.8 Å². The van der Waals surface area contributed by atoms with Gasteiger partial charge in [-0.25, -0.2) is 0 Å². The molecule has 176 valence electrons. The van der Waals surface area contributed by atoms with E-state index in [1.807, 2.05) is 85.6 Å². The highest BCUT2D eigenvalue weighted by Crippen LogP contribution is 2.33. The number of allylic oxidation sites excluding steroid dienone is 4. The van der Waals surface area contributed by atoms with Crippen molar-refractivity contribution in [2.24, 2.45) is 11.0 Å². The number of phenolic OH excluding ortho intramolecular Hbond substituents is 1. The molecule has 0 aromatic heterocycles. The summed E-state index contributed by atoms with van der Waals surface area (Å²) < 4.78 is 0. The van der Waals surface area contributed by atoms with Crippen molar-refractivity contribution in [3.8, 4) is 5.75 Å². The molecule has 3 atom stereocenters. The average Bonchev–Trinajstić information content (AvgIpc) is 3.26. The zero-order valence-corrected chi connectivity index (χ0v) is 19.9. The molecule has 3 rings (SSSR count). The molecule has 1 aliphatic rings. The van der Waals surface area contributed by atoms with Gasteiger partial charge in [0.25, 0.3) is 0 Å². The minimum atomic E-state index is -0.550. The van der Waals surface area contributed by atoms with E-state index >= 15 is 0 Å². The van der Waals surface area contributed by atoms with Crippen LogP contribution in [0.1, 0.15) is 25.0 Å². The highest BCUT2D eigenvalue weighted by Gasteiger charge is 2.44. The molecule has 5 heteroatoms. The van der Waals surface area contributed by atoms with Crippen molar-refractivity contribution < 1.29 is 9.90 Å². The van der Waals surface area contributed by atoms with Gasteiger partial charge in [-0.2, -0.15) is 5.10 Å². The maximum absolute atomic E-state index is 13.6. The normalized spacial score (nSPS) is 18.8. The maximum Gasteiger partial charge on any atom is 0.245 e. The fraction of sp³-hybridized carbons (Fsp3) is 0.241. The molecule has 0 aliphatic carbocycles. The Morgan fingerprint density at radius 3 is 2.53 bits per heavy atom. The Kier molecular flexibility index (Phi) is 8.63. The molecule has 5 nitrogen and oxygen atoms in total. The molecule has 2 N–H and O–H groups in total. The fourth-order valence-corrected chi connectivity index (χ4v) is 4.04. The number of aromatic hydroxyl groups is 1. The Balaban J connectivity index is 1.88. The van der Waals surface area contributed by atoms with Crippen LogP contribution in [0, 0.1) is 5.92 Å². The first kappa shape index (κ1) is 24.8. The molecular formula is C29H33N3O2. The van der Waals surface area contributed by atoms with Crippen LogP contribution in [0.25, 0.3) is 0 Å². The van der Waals surface area contributed by atoms with Crippen LogP contribution < -0.4 is 5.32 Å². The lowest BCUT2D eigenvalue weighted by Gasteiger charge is -2.30. The molecule has 2 aromatic rings. The summed E-state index contributed by atoms with van der Waals surface area (Å²) in [5, 5.41) is 19.4. The molecule has 1 amide bonds. The predicted octanol–water partition coefficient (Wildman–Crippen LogP) is 5.02. The zero-order chi connectivity index (χ0) is 24.5.